The lowest BCUT2D eigenvalue weighted by Crippen LogP contribution is -2.32. The van der Waals surface area contributed by atoms with Gasteiger partial charge in [-0.05, 0) is 48.0 Å². The Morgan fingerprint density at radius 2 is 1.71 bits per heavy atom. The highest BCUT2D eigenvalue weighted by atomic mass is 35.5. The van der Waals surface area contributed by atoms with Gasteiger partial charge in [0.25, 0.3) is 5.91 Å². The molecule has 1 amide bonds. The normalized spacial score (nSPS) is 15.1. The van der Waals surface area contributed by atoms with Gasteiger partial charge in [0.15, 0.2) is 0 Å². The van der Waals surface area contributed by atoms with E-state index in [4.69, 9.17) is 16.3 Å². The maximum absolute atomic E-state index is 13.2. The van der Waals surface area contributed by atoms with Gasteiger partial charge in [-0.25, -0.2) is 4.99 Å². The third-order valence-electron chi connectivity index (χ3n) is 4.37. The Bertz CT molecular complexity index is 1070. The Balaban J connectivity index is 1.80. The molecule has 1 aliphatic rings. The first kappa shape index (κ1) is 18.0. The number of hydrogen-bond acceptors (Lipinski definition) is 3. The Hall–Kier alpha value is -3.37. The van der Waals surface area contributed by atoms with E-state index in [2.05, 4.69) is 4.99 Å². The largest absolute Gasteiger partial charge is 0.497 e. The molecule has 28 heavy (non-hydrogen) atoms. The fourth-order valence-corrected chi connectivity index (χ4v) is 3.14. The molecule has 0 N–H and O–H groups in total. The van der Waals surface area contributed by atoms with Crippen molar-refractivity contribution in [2.45, 2.75) is 0 Å². The summed E-state index contributed by atoms with van der Waals surface area (Å²) in [7, 11) is 1.61. The van der Waals surface area contributed by atoms with Crippen molar-refractivity contribution in [3.63, 3.8) is 0 Å². The molecule has 138 valence electrons. The van der Waals surface area contributed by atoms with Crippen LogP contribution in [-0.4, -0.2) is 18.9 Å². The summed E-state index contributed by atoms with van der Waals surface area (Å²) in [6, 6.07) is 24.3. The van der Waals surface area contributed by atoms with Gasteiger partial charge in [0, 0.05) is 10.6 Å². The fraction of sp³-hybridized carbons (Fsp3) is 0.0435. The van der Waals surface area contributed by atoms with Crippen LogP contribution in [0.25, 0.3) is 6.08 Å². The van der Waals surface area contributed by atoms with Gasteiger partial charge in [-0.15, -0.1) is 0 Å². The molecular formula is C23H17ClN2O2. The Morgan fingerprint density at radius 3 is 2.43 bits per heavy atom. The Kier molecular flexibility index (Phi) is 4.96. The molecule has 0 aliphatic carbocycles. The van der Waals surface area contributed by atoms with Crippen LogP contribution in [-0.2, 0) is 4.79 Å². The van der Waals surface area contributed by atoms with Gasteiger partial charge in [0.1, 0.15) is 17.3 Å². The molecule has 3 aromatic carbocycles. The number of halogens is 1. The minimum absolute atomic E-state index is 0.191. The molecule has 5 heteroatoms. The van der Waals surface area contributed by atoms with Crippen LogP contribution < -0.4 is 9.64 Å². The van der Waals surface area contributed by atoms with Gasteiger partial charge in [0.05, 0.1) is 12.8 Å². The third-order valence-corrected chi connectivity index (χ3v) is 4.63. The van der Waals surface area contributed by atoms with Gasteiger partial charge >= 0.3 is 0 Å². The molecule has 0 aromatic heterocycles. The molecule has 0 saturated heterocycles. The van der Waals surface area contributed by atoms with E-state index >= 15 is 0 Å². The summed E-state index contributed by atoms with van der Waals surface area (Å²) in [5, 5.41) is 0.612. The maximum atomic E-state index is 13.2. The molecule has 0 radical (unpaired) electrons. The first-order valence-corrected chi connectivity index (χ1v) is 9.13. The number of amides is 1. The van der Waals surface area contributed by atoms with Gasteiger partial charge < -0.3 is 4.74 Å². The monoisotopic (exact) mass is 388 g/mol. The van der Waals surface area contributed by atoms with Crippen LogP contribution in [0.5, 0.6) is 5.75 Å². The lowest BCUT2D eigenvalue weighted by molar-refractivity contribution is -0.113. The van der Waals surface area contributed by atoms with E-state index in [0.29, 0.717) is 22.2 Å². The highest BCUT2D eigenvalue weighted by Gasteiger charge is 2.32. The van der Waals surface area contributed by atoms with Crippen LogP contribution in [0.2, 0.25) is 5.02 Å². The molecule has 0 saturated carbocycles. The number of methoxy groups -OCH3 is 1. The second-order valence-electron chi connectivity index (χ2n) is 6.22. The molecular weight excluding hydrogens is 372 g/mol. The van der Waals surface area contributed by atoms with E-state index < -0.39 is 0 Å². The summed E-state index contributed by atoms with van der Waals surface area (Å²) < 4.78 is 5.27. The van der Waals surface area contributed by atoms with Crippen molar-refractivity contribution in [1.29, 1.82) is 0 Å². The van der Waals surface area contributed by atoms with E-state index in [1.165, 1.54) is 0 Å². The Morgan fingerprint density at radius 1 is 0.964 bits per heavy atom. The summed E-state index contributed by atoms with van der Waals surface area (Å²) in [5.74, 6) is 1.12. The number of amidine groups is 1. The van der Waals surface area contributed by atoms with Crippen LogP contribution >= 0.6 is 11.6 Å². The number of anilines is 1. The molecule has 0 atom stereocenters. The number of rotatable bonds is 4. The van der Waals surface area contributed by atoms with Crippen molar-refractivity contribution in [1.82, 2.24) is 0 Å². The molecule has 3 aromatic rings. The van der Waals surface area contributed by atoms with Crippen molar-refractivity contribution in [3.8, 4) is 5.75 Å². The summed E-state index contributed by atoms with van der Waals surface area (Å²) >= 11 is 6.02. The average molecular weight is 389 g/mol. The van der Waals surface area contributed by atoms with Gasteiger partial charge in [-0.3, -0.25) is 9.69 Å². The zero-order chi connectivity index (χ0) is 19.5. The van der Waals surface area contributed by atoms with E-state index in [1.807, 2.05) is 66.7 Å². The smallest absolute Gasteiger partial charge is 0.282 e. The van der Waals surface area contributed by atoms with Crippen molar-refractivity contribution < 1.29 is 9.53 Å². The van der Waals surface area contributed by atoms with E-state index in [9.17, 15) is 4.79 Å². The second kappa shape index (κ2) is 7.71. The number of carbonyl (C=O) groups excluding carboxylic acids is 1. The zero-order valence-corrected chi connectivity index (χ0v) is 15.9. The molecule has 4 nitrogen and oxygen atoms in total. The van der Waals surface area contributed by atoms with Gasteiger partial charge in [-0.1, -0.05) is 54.1 Å². The number of nitrogens with zero attached hydrogens (tertiary/aromatic N) is 2. The van der Waals surface area contributed by atoms with E-state index in [0.717, 1.165) is 16.9 Å². The van der Waals surface area contributed by atoms with Gasteiger partial charge in [-0.2, -0.15) is 0 Å². The van der Waals surface area contributed by atoms with Crippen LogP contribution in [0.1, 0.15) is 11.1 Å². The zero-order valence-electron chi connectivity index (χ0n) is 15.2. The van der Waals surface area contributed by atoms with E-state index in [-0.39, 0.29) is 5.91 Å². The summed E-state index contributed by atoms with van der Waals surface area (Å²) in [6.45, 7) is 0. The summed E-state index contributed by atoms with van der Waals surface area (Å²) in [6.07, 6.45) is 1.77. The molecule has 1 heterocycles. The average Bonchev–Trinajstić information content (AvgIpc) is 3.05. The van der Waals surface area contributed by atoms with Crippen LogP contribution in [0, 0.1) is 0 Å². The highest BCUT2D eigenvalue weighted by molar-refractivity contribution is 6.33. The second-order valence-corrected chi connectivity index (χ2v) is 6.66. The number of hydrogen-bond donors (Lipinski definition) is 0. The first-order valence-electron chi connectivity index (χ1n) is 8.75. The standard InChI is InChI=1S/C23H17ClN2O2/c1-28-20-9-5-6-16(14-20)15-21-23(27)26(19-12-10-18(24)11-13-19)22(25-21)17-7-3-2-4-8-17/h2-15H,1H3/b21-15+. The highest BCUT2D eigenvalue weighted by Crippen LogP contribution is 2.29. The molecule has 4 rings (SSSR count). The van der Waals surface area contributed by atoms with Crippen molar-refractivity contribution in [2.24, 2.45) is 4.99 Å². The molecule has 0 unspecified atom stereocenters. The Labute approximate surface area is 168 Å². The lowest BCUT2D eigenvalue weighted by atomic mass is 10.1. The number of carbonyl (C=O) groups is 1. The molecule has 0 spiro atoms. The molecule has 1 aliphatic heterocycles. The van der Waals surface area contributed by atoms with Crippen LogP contribution in [0.15, 0.2) is 89.6 Å². The van der Waals surface area contributed by atoms with Crippen LogP contribution in [0.4, 0.5) is 5.69 Å². The predicted octanol–water partition coefficient (Wildman–Crippen LogP) is 5.18. The minimum atomic E-state index is -0.191. The van der Waals surface area contributed by atoms with Crippen molar-refractivity contribution >= 4 is 35.1 Å². The third kappa shape index (κ3) is 3.55. The topological polar surface area (TPSA) is 41.9 Å². The van der Waals surface area contributed by atoms with Crippen molar-refractivity contribution in [3.05, 3.63) is 101 Å². The summed E-state index contributed by atoms with van der Waals surface area (Å²) in [5.41, 5.74) is 2.78. The predicted molar refractivity (Wildman–Crippen MR) is 113 cm³/mol. The maximum Gasteiger partial charge on any atom is 0.282 e. The first-order chi connectivity index (χ1) is 13.7. The fourth-order valence-electron chi connectivity index (χ4n) is 3.02. The number of benzene rings is 3. The van der Waals surface area contributed by atoms with Crippen LogP contribution in [0.3, 0.4) is 0 Å². The quantitative estimate of drug-likeness (QED) is 0.577. The van der Waals surface area contributed by atoms with E-state index in [1.54, 1.807) is 30.2 Å². The summed E-state index contributed by atoms with van der Waals surface area (Å²) in [4.78, 5) is 19.5. The minimum Gasteiger partial charge on any atom is -0.497 e. The van der Waals surface area contributed by atoms with Crippen molar-refractivity contribution in [2.75, 3.05) is 12.0 Å². The number of aliphatic imine (C=N–C) groups is 1. The SMILES string of the molecule is COc1cccc(/C=C2/N=C(c3ccccc3)N(c3ccc(Cl)cc3)C2=O)c1. The molecule has 0 bridgehead atoms. The number of ether oxygens (including phenoxy) is 1. The molecule has 0 fully saturated rings. The lowest BCUT2D eigenvalue weighted by Gasteiger charge is -2.18. The van der Waals surface area contributed by atoms with Gasteiger partial charge in [0.2, 0.25) is 0 Å².